The number of aromatic nitrogens is 2. The Morgan fingerprint density at radius 3 is 2.75 bits per heavy atom. The molecule has 1 fully saturated rings. The molecular formula is C18H21N5O. The fourth-order valence-corrected chi connectivity index (χ4v) is 3.53. The number of nitrogens with two attached hydrogens (primary N) is 2. The van der Waals surface area contributed by atoms with Crippen LogP contribution in [0.25, 0.3) is 11.3 Å². The van der Waals surface area contributed by atoms with Crippen molar-refractivity contribution in [1.82, 2.24) is 9.97 Å². The summed E-state index contributed by atoms with van der Waals surface area (Å²) in [5, 5.41) is 0. The first kappa shape index (κ1) is 14.9. The topological polar surface area (TPSA) is 98.1 Å². The molecule has 24 heavy (non-hydrogen) atoms. The van der Waals surface area contributed by atoms with E-state index in [0.717, 1.165) is 48.7 Å². The van der Waals surface area contributed by atoms with Crippen LogP contribution in [0.2, 0.25) is 0 Å². The van der Waals surface area contributed by atoms with Crippen molar-refractivity contribution in [2.75, 3.05) is 17.2 Å². The summed E-state index contributed by atoms with van der Waals surface area (Å²) in [5.41, 5.74) is 16.4. The quantitative estimate of drug-likeness (QED) is 0.841. The maximum atomic E-state index is 11.6. The van der Waals surface area contributed by atoms with Crippen molar-refractivity contribution in [3.05, 3.63) is 35.0 Å². The highest BCUT2D eigenvalue weighted by Crippen LogP contribution is 2.34. The van der Waals surface area contributed by atoms with Crippen LogP contribution < -0.4 is 16.4 Å². The van der Waals surface area contributed by atoms with Gasteiger partial charge in [-0.2, -0.15) is 0 Å². The van der Waals surface area contributed by atoms with E-state index in [-0.39, 0.29) is 0 Å². The number of anilines is 2. The van der Waals surface area contributed by atoms with Gasteiger partial charge in [0.25, 0.3) is 0 Å². The summed E-state index contributed by atoms with van der Waals surface area (Å²) in [5.74, 6) is 0.304. The van der Waals surface area contributed by atoms with Gasteiger partial charge in [0.05, 0.1) is 5.69 Å². The third-order valence-electron chi connectivity index (χ3n) is 5.01. The second kappa shape index (κ2) is 5.47. The Balaban J connectivity index is 1.87. The molecule has 2 aromatic rings. The van der Waals surface area contributed by atoms with E-state index in [2.05, 4.69) is 11.8 Å². The minimum atomic E-state index is -0.481. The molecule has 1 atom stereocenters. The molecule has 2 aliphatic rings. The molecule has 0 unspecified atom stereocenters. The van der Waals surface area contributed by atoms with Gasteiger partial charge in [-0.05, 0) is 50.8 Å². The summed E-state index contributed by atoms with van der Waals surface area (Å²) in [6, 6.07) is 5.71. The zero-order valence-corrected chi connectivity index (χ0v) is 13.7. The summed E-state index contributed by atoms with van der Waals surface area (Å²) < 4.78 is 0. The predicted molar refractivity (Wildman–Crippen MR) is 93.8 cm³/mol. The summed E-state index contributed by atoms with van der Waals surface area (Å²) in [4.78, 5) is 23.4. The van der Waals surface area contributed by atoms with Gasteiger partial charge in [0.2, 0.25) is 11.9 Å². The number of aryl methyl sites for hydroxylation is 1. The van der Waals surface area contributed by atoms with E-state index in [1.54, 1.807) is 12.1 Å². The van der Waals surface area contributed by atoms with Crippen molar-refractivity contribution >= 4 is 17.5 Å². The number of nitrogens with zero attached hydrogens (tertiary/aromatic N) is 3. The maximum absolute atomic E-state index is 11.6. The van der Waals surface area contributed by atoms with Crippen LogP contribution in [-0.4, -0.2) is 28.5 Å². The van der Waals surface area contributed by atoms with E-state index in [0.29, 0.717) is 17.3 Å². The average molecular weight is 323 g/mol. The van der Waals surface area contributed by atoms with Crippen LogP contribution in [0.3, 0.4) is 0 Å². The van der Waals surface area contributed by atoms with Crippen molar-refractivity contribution in [3.8, 4) is 11.3 Å². The Morgan fingerprint density at radius 1 is 1.25 bits per heavy atom. The second-order valence-corrected chi connectivity index (χ2v) is 6.69. The van der Waals surface area contributed by atoms with Crippen molar-refractivity contribution in [2.24, 2.45) is 5.73 Å². The summed E-state index contributed by atoms with van der Waals surface area (Å²) in [6.07, 6.45) is 4.19. The van der Waals surface area contributed by atoms with E-state index in [1.807, 2.05) is 6.07 Å². The highest BCUT2D eigenvalue weighted by molar-refractivity contribution is 5.95. The van der Waals surface area contributed by atoms with Crippen LogP contribution >= 0.6 is 0 Å². The second-order valence-electron chi connectivity index (χ2n) is 6.69. The van der Waals surface area contributed by atoms with Gasteiger partial charge in [-0.1, -0.05) is 0 Å². The first-order valence-electron chi connectivity index (χ1n) is 8.40. The summed E-state index contributed by atoms with van der Waals surface area (Å²) in [6.45, 7) is 3.17. The van der Waals surface area contributed by atoms with Gasteiger partial charge in [0.1, 0.15) is 0 Å². The Labute approximate surface area is 140 Å². The zero-order valence-electron chi connectivity index (χ0n) is 13.7. The molecule has 1 aromatic carbocycles. The average Bonchev–Trinajstić information content (AvgIpc) is 3.00. The van der Waals surface area contributed by atoms with Crippen molar-refractivity contribution < 1.29 is 4.79 Å². The predicted octanol–water partition coefficient (Wildman–Crippen LogP) is 1.91. The van der Waals surface area contributed by atoms with Crippen molar-refractivity contribution in [3.63, 3.8) is 0 Å². The van der Waals surface area contributed by atoms with E-state index >= 15 is 0 Å². The molecule has 0 spiro atoms. The molecule has 0 bridgehead atoms. The normalized spacial score (nSPS) is 19.0. The molecule has 1 saturated heterocycles. The standard InChI is InChI=1S/C18H21N5O/c1-10-5-6-23(10)18-21-15-4-2-3-14(15)16(22-18)11-7-12(17(20)24)9-13(19)8-11/h7-10H,2-6,19H2,1H3,(H2,20,24)/t10-/m0/s1. The smallest absolute Gasteiger partial charge is 0.248 e. The van der Waals surface area contributed by atoms with Crippen LogP contribution in [0.15, 0.2) is 18.2 Å². The third-order valence-corrected chi connectivity index (χ3v) is 5.01. The third kappa shape index (κ3) is 2.38. The molecule has 0 saturated carbocycles. The molecule has 124 valence electrons. The Morgan fingerprint density at radius 2 is 2.08 bits per heavy atom. The highest BCUT2D eigenvalue weighted by atomic mass is 16.1. The van der Waals surface area contributed by atoms with E-state index < -0.39 is 5.91 Å². The van der Waals surface area contributed by atoms with Gasteiger partial charge in [-0.15, -0.1) is 0 Å². The lowest BCUT2D eigenvalue weighted by Gasteiger charge is -2.39. The Hall–Kier alpha value is -2.63. The van der Waals surface area contributed by atoms with Gasteiger partial charge in [0, 0.05) is 40.7 Å². The van der Waals surface area contributed by atoms with E-state index in [1.165, 1.54) is 12.0 Å². The molecule has 6 nitrogen and oxygen atoms in total. The zero-order chi connectivity index (χ0) is 16.8. The number of hydrogen-bond donors (Lipinski definition) is 2. The monoisotopic (exact) mass is 323 g/mol. The summed E-state index contributed by atoms with van der Waals surface area (Å²) in [7, 11) is 0. The van der Waals surface area contributed by atoms with Crippen LogP contribution in [0.4, 0.5) is 11.6 Å². The molecular weight excluding hydrogens is 302 g/mol. The molecule has 1 amide bonds. The number of nitrogen functional groups attached to an aromatic ring is 1. The number of benzene rings is 1. The fraction of sp³-hybridized carbons (Fsp3) is 0.389. The van der Waals surface area contributed by atoms with Gasteiger partial charge < -0.3 is 16.4 Å². The lowest BCUT2D eigenvalue weighted by molar-refractivity contribution is 0.100. The lowest BCUT2D eigenvalue weighted by atomic mass is 10.0. The van der Waals surface area contributed by atoms with Crippen LogP contribution in [0, 0.1) is 0 Å². The molecule has 6 heteroatoms. The van der Waals surface area contributed by atoms with E-state index in [4.69, 9.17) is 21.4 Å². The van der Waals surface area contributed by atoms with Gasteiger partial charge in [-0.3, -0.25) is 4.79 Å². The minimum absolute atomic E-state index is 0.411. The van der Waals surface area contributed by atoms with Gasteiger partial charge in [-0.25, -0.2) is 9.97 Å². The van der Waals surface area contributed by atoms with Crippen LogP contribution in [0.5, 0.6) is 0 Å². The number of fused-ring (bicyclic) bond motifs is 1. The van der Waals surface area contributed by atoms with E-state index in [9.17, 15) is 4.79 Å². The number of carbonyl (C=O) groups excluding carboxylic acids is 1. The lowest BCUT2D eigenvalue weighted by Crippen LogP contribution is -2.46. The fourth-order valence-electron chi connectivity index (χ4n) is 3.53. The Kier molecular flexibility index (Phi) is 3.40. The van der Waals surface area contributed by atoms with Crippen LogP contribution in [0.1, 0.15) is 41.4 Å². The van der Waals surface area contributed by atoms with Crippen molar-refractivity contribution in [1.29, 1.82) is 0 Å². The largest absolute Gasteiger partial charge is 0.399 e. The number of hydrogen-bond acceptors (Lipinski definition) is 5. The molecule has 0 radical (unpaired) electrons. The SMILES string of the molecule is C[C@H]1CCN1c1nc2c(c(-c3cc(N)cc(C(N)=O)c3)n1)CCC2. The molecule has 1 aromatic heterocycles. The number of primary amides is 1. The number of rotatable bonds is 3. The number of carbonyl (C=O) groups is 1. The first-order chi connectivity index (χ1) is 11.5. The molecule has 1 aliphatic carbocycles. The molecule has 4 N–H and O–H groups in total. The summed E-state index contributed by atoms with van der Waals surface area (Å²) >= 11 is 0. The molecule has 4 rings (SSSR count). The Bertz CT molecular complexity index is 832. The van der Waals surface area contributed by atoms with Gasteiger partial charge >= 0.3 is 0 Å². The van der Waals surface area contributed by atoms with Gasteiger partial charge in [0.15, 0.2) is 0 Å². The molecule has 1 aliphatic heterocycles. The van der Waals surface area contributed by atoms with Crippen molar-refractivity contribution in [2.45, 2.75) is 38.6 Å². The van der Waals surface area contributed by atoms with Crippen LogP contribution in [-0.2, 0) is 12.8 Å². The first-order valence-corrected chi connectivity index (χ1v) is 8.40. The minimum Gasteiger partial charge on any atom is -0.399 e. The number of amides is 1. The molecule has 2 heterocycles. The maximum Gasteiger partial charge on any atom is 0.248 e. The highest BCUT2D eigenvalue weighted by Gasteiger charge is 2.29.